The van der Waals surface area contributed by atoms with Crippen LogP contribution in [0.5, 0.6) is 11.5 Å². The first-order chi connectivity index (χ1) is 15.9. The molecule has 2 aromatic carbocycles. The third-order valence-electron chi connectivity index (χ3n) is 5.16. The van der Waals surface area contributed by atoms with Gasteiger partial charge in [0, 0.05) is 22.9 Å². The number of aryl methyl sites for hydroxylation is 2. The van der Waals surface area contributed by atoms with E-state index in [4.69, 9.17) is 26.1 Å². The third-order valence-corrected chi connectivity index (χ3v) is 5.41. The van der Waals surface area contributed by atoms with Crippen LogP contribution in [0, 0.1) is 13.8 Å². The van der Waals surface area contributed by atoms with E-state index < -0.39 is 0 Å². The van der Waals surface area contributed by atoms with Crippen LogP contribution in [0.2, 0.25) is 5.02 Å². The summed E-state index contributed by atoms with van der Waals surface area (Å²) in [7, 11) is 1.62. The minimum Gasteiger partial charge on any atom is -0.494 e. The van der Waals surface area contributed by atoms with Gasteiger partial charge in [-0.25, -0.2) is 4.98 Å². The molecule has 0 atom stereocenters. The fraction of sp³-hybridized carbons (Fsp3) is 0.240. The standard InChI is InChI=1S/C25H25ClN4O3/c1-16-14-22(28-25-20(16)6-4-7-21(25)32-3)30-23(15-17(2)29-30)27-24(31)8-5-13-33-19-11-9-18(26)10-12-19/h4,6-7,9-12,14-15H,5,8,13H2,1-3H3,(H,27,31). The second kappa shape index (κ2) is 9.92. The molecule has 0 radical (unpaired) electrons. The molecular formula is C25H25ClN4O3. The smallest absolute Gasteiger partial charge is 0.225 e. The van der Waals surface area contributed by atoms with Crippen LogP contribution in [0.1, 0.15) is 24.1 Å². The molecule has 0 spiro atoms. The average molecular weight is 465 g/mol. The Morgan fingerprint density at radius 2 is 1.91 bits per heavy atom. The number of nitrogens with one attached hydrogen (secondary N) is 1. The molecule has 0 fully saturated rings. The highest BCUT2D eigenvalue weighted by Gasteiger charge is 2.15. The summed E-state index contributed by atoms with van der Waals surface area (Å²) in [6.45, 7) is 4.32. The number of benzene rings is 2. The van der Waals surface area contributed by atoms with Crippen molar-refractivity contribution in [3.05, 3.63) is 70.9 Å². The van der Waals surface area contributed by atoms with Crippen molar-refractivity contribution in [1.82, 2.24) is 14.8 Å². The number of nitrogens with zero attached hydrogens (tertiary/aromatic N) is 3. The van der Waals surface area contributed by atoms with Crippen molar-refractivity contribution in [3.63, 3.8) is 0 Å². The second-order valence-electron chi connectivity index (χ2n) is 7.69. The fourth-order valence-electron chi connectivity index (χ4n) is 3.57. The highest BCUT2D eigenvalue weighted by Crippen LogP contribution is 2.28. The van der Waals surface area contributed by atoms with E-state index in [1.807, 2.05) is 44.2 Å². The van der Waals surface area contributed by atoms with Gasteiger partial charge >= 0.3 is 0 Å². The lowest BCUT2D eigenvalue weighted by Crippen LogP contribution is -2.16. The second-order valence-corrected chi connectivity index (χ2v) is 8.13. The van der Waals surface area contributed by atoms with Gasteiger partial charge in [-0.1, -0.05) is 23.7 Å². The van der Waals surface area contributed by atoms with Crippen molar-refractivity contribution in [3.8, 4) is 17.3 Å². The van der Waals surface area contributed by atoms with E-state index in [2.05, 4.69) is 10.4 Å². The molecule has 0 aliphatic heterocycles. The van der Waals surface area contributed by atoms with Crippen molar-refractivity contribution >= 4 is 34.2 Å². The molecule has 2 aromatic heterocycles. The number of fused-ring (bicyclic) bond motifs is 1. The van der Waals surface area contributed by atoms with Gasteiger partial charge in [-0.15, -0.1) is 0 Å². The van der Waals surface area contributed by atoms with Gasteiger partial charge in [-0.3, -0.25) is 4.79 Å². The van der Waals surface area contributed by atoms with Crippen molar-refractivity contribution in [2.45, 2.75) is 26.7 Å². The molecule has 0 aliphatic carbocycles. The Bertz CT molecular complexity index is 1290. The van der Waals surface area contributed by atoms with Crippen LogP contribution in [0.4, 0.5) is 5.82 Å². The lowest BCUT2D eigenvalue weighted by molar-refractivity contribution is -0.116. The molecule has 0 bridgehead atoms. The monoisotopic (exact) mass is 464 g/mol. The predicted octanol–water partition coefficient (Wildman–Crippen LogP) is 5.50. The highest BCUT2D eigenvalue weighted by molar-refractivity contribution is 6.30. The van der Waals surface area contributed by atoms with Crippen LogP contribution in [-0.2, 0) is 4.79 Å². The number of pyridine rings is 1. The minimum absolute atomic E-state index is 0.119. The molecule has 170 valence electrons. The van der Waals surface area contributed by atoms with E-state index in [9.17, 15) is 4.79 Å². The number of methoxy groups -OCH3 is 1. The lowest BCUT2D eigenvalue weighted by Gasteiger charge is -2.12. The largest absolute Gasteiger partial charge is 0.494 e. The van der Waals surface area contributed by atoms with Crippen LogP contribution < -0.4 is 14.8 Å². The Balaban J connectivity index is 1.46. The SMILES string of the molecule is COc1cccc2c(C)cc(-n3nc(C)cc3NC(=O)CCCOc3ccc(Cl)cc3)nc12. The quantitative estimate of drug-likeness (QED) is 0.348. The van der Waals surface area contributed by atoms with Crippen molar-refractivity contribution in [1.29, 1.82) is 0 Å². The van der Waals surface area contributed by atoms with E-state index >= 15 is 0 Å². The Labute approximate surface area is 197 Å². The summed E-state index contributed by atoms with van der Waals surface area (Å²) in [5.74, 6) is 2.47. The number of halogens is 1. The number of hydrogen-bond donors (Lipinski definition) is 1. The van der Waals surface area contributed by atoms with Crippen molar-refractivity contribution < 1.29 is 14.3 Å². The van der Waals surface area contributed by atoms with Gasteiger partial charge < -0.3 is 14.8 Å². The Morgan fingerprint density at radius 3 is 2.67 bits per heavy atom. The first-order valence-corrected chi connectivity index (χ1v) is 11.0. The van der Waals surface area contributed by atoms with Crippen molar-refractivity contribution in [2.75, 3.05) is 19.0 Å². The van der Waals surface area contributed by atoms with Gasteiger partial charge in [-0.05, 0) is 62.2 Å². The zero-order valence-corrected chi connectivity index (χ0v) is 19.5. The minimum atomic E-state index is -0.119. The molecule has 8 heteroatoms. The van der Waals surface area contributed by atoms with Crippen molar-refractivity contribution in [2.24, 2.45) is 0 Å². The summed E-state index contributed by atoms with van der Waals surface area (Å²) in [4.78, 5) is 17.3. The average Bonchev–Trinajstić information content (AvgIpc) is 3.17. The van der Waals surface area contributed by atoms with Crippen LogP contribution in [0.25, 0.3) is 16.7 Å². The van der Waals surface area contributed by atoms with Gasteiger partial charge in [0.2, 0.25) is 5.91 Å². The Hall–Kier alpha value is -3.58. The van der Waals surface area contributed by atoms with Gasteiger partial charge in [0.05, 0.1) is 19.4 Å². The maximum Gasteiger partial charge on any atom is 0.225 e. The van der Waals surface area contributed by atoms with Crippen LogP contribution in [-0.4, -0.2) is 34.4 Å². The molecular weight excluding hydrogens is 440 g/mol. The number of rotatable bonds is 8. The molecule has 1 N–H and O–H groups in total. The van der Waals surface area contributed by atoms with E-state index in [-0.39, 0.29) is 5.91 Å². The highest BCUT2D eigenvalue weighted by atomic mass is 35.5. The zero-order chi connectivity index (χ0) is 23.4. The number of para-hydroxylation sites is 1. The normalized spacial score (nSPS) is 10.9. The lowest BCUT2D eigenvalue weighted by atomic mass is 10.1. The summed E-state index contributed by atoms with van der Waals surface area (Å²) >= 11 is 5.88. The number of hydrogen-bond acceptors (Lipinski definition) is 5. The molecule has 0 unspecified atom stereocenters. The molecule has 4 rings (SSSR count). The molecule has 7 nitrogen and oxygen atoms in total. The molecule has 0 saturated heterocycles. The fourth-order valence-corrected chi connectivity index (χ4v) is 3.70. The summed E-state index contributed by atoms with van der Waals surface area (Å²) in [5, 5.41) is 9.16. The van der Waals surface area contributed by atoms with E-state index in [1.165, 1.54) is 0 Å². The molecule has 0 saturated carbocycles. The maximum absolute atomic E-state index is 12.6. The number of amides is 1. The van der Waals surface area contributed by atoms with Gasteiger partial charge in [0.25, 0.3) is 0 Å². The number of anilines is 1. The van der Waals surface area contributed by atoms with Crippen LogP contribution in [0.3, 0.4) is 0 Å². The topological polar surface area (TPSA) is 78.3 Å². The third kappa shape index (κ3) is 5.26. The summed E-state index contributed by atoms with van der Waals surface area (Å²) in [6, 6.07) is 16.7. The molecule has 33 heavy (non-hydrogen) atoms. The van der Waals surface area contributed by atoms with E-state index in [0.717, 1.165) is 27.9 Å². The number of aromatic nitrogens is 3. The number of carbonyl (C=O) groups is 1. The molecule has 1 amide bonds. The number of ether oxygens (including phenoxy) is 2. The first-order valence-electron chi connectivity index (χ1n) is 10.6. The molecule has 2 heterocycles. The summed E-state index contributed by atoms with van der Waals surface area (Å²) in [5.41, 5.74) is 2.56. The predicted molar refractivity (Wildman–Crippen MR) is 130 cm³/mol. The Kier molecular flexibility index (Phi) is 6.79. The van der Waals surface area contributed by atoms with Crippen LogP contribution in [0.15, 0.2) is 54.6 Å². The van der Waals surface area contributed by atoms with E-state index in [1.54, 1.807) is 36.1 Å². The summed E-state index contributed by atoms with van der Waals surface area (Å²) in [6.07, 6.45) is 0.891. The maximum atomic E-state index is 12.6. The van der Waals surface area contributed by atoms with Gasteiger partial charge in [0.1, 0.15) is 22.8 Å². The Morgan fingerprint density at radius 1 is 1.12 bits per heavy atom. The molecule has 4 aromatic rings. The molecule has 0 aliphatic rings. The number of carbonyl (C=O) groups excluding carboxylic acids is 1. The summed E-state index contributed by atoms with van der Waals surface area (Å²) < 4.78 is 12.8. The first kappa shape index (κ1) is 22.6. The van der Waals surface area contributed by atoms with E-state index in [0.29, 0.717) is 41.9 Å². The van der Waals surface area contributed by atoms with Gasteiger partial charge in [0.15, 0.2) is 5.82 Å². The zero-order valence-electron chi connectivity index (χ0n) is 18.8. The van der Waals surface area contributed by atoms with Gasteiger partial charge in [-0.2, -0.15) is 9.78 Å². The van der Waals surface area contributed by atoms with Crippen LogP contribution >= 0.6 is 11.6 Å².